The lowest BCUT2D eigenvalue weighted by atomic mass is 10.0. The quantitative estimate of drug-likeness (QED) is 0.761. The molecule has 0 aliphatic carbocycles. The smallest absolute Gasteiger partial charge is 0.251 e. The molecule has 2 aromatic rings. The topological polar surface area (TPSA) is 67.4 Å². The van der Waals surface area contributed by atoms with E-state index in [2.05, 4.69) is 34.0 Å². The van der Waals surface area contributed by atoms with Gasteiger partial charge >= 0.3 is 0 Å². The van der Waals surface area contributed by atoms with Crippen LogP contribution in [0.4, 0.5) is 0 Å². The van der Waals surface area contributed by atoms with Gasteiger partial charge in [-0.05, 0) is 37.1 Å². The number of hydrogen-bond acceptors (Lipinski definition) is 5. The summed E-state index contributed by atoms with van der Waals surface area (Å²) in [5.41, 5.74) is 3.43. The molecule has 3 rings (SSSR count). The second kappa shape index (κ2) is 9.58. The molecule has 144 valence electrons. The maximum absolute atomic E-state index is 12.5. The molecule has 0 bridgehead atoms. The third-order valence-electron chi connectivity index (χ3n) is 4.74. The summed E-state index contributed by atoms with van der Waals surface area (Å²) in [7, 11) is 0. The molecule has 1 aromatic carbocycles. The molecular weight excluding hydrogens is 340 g/mol. The molecule has 1 N–H and O–H groups in total. The van der Waals surface area contributed by atoms with Crippen LogP contribution in [-0.2, 0) is 4.74 Å². The summed E-state index contributed by atoms with van der Waals surface area (Å²) >= 11 is 0. The molecule has 0 saturated carbocycles. The average molecular weight is 368 g/mol. The Morgan fingerprint density at radius 2 is 2.04 bits per heavy atom. The lowest BCUT2D eigenvalue weighted by Crippen LogP contribution is -2.38. The number of carbonyl (C=O) groups is 1. The van der Waals surface area contributed by atoms with Crippen LogP contribution in [0.15, 0.2) is 36.7 Å². The number of nitrogens with one attached hydrogen (secondary N) is 1. The molecule has 1 amide bonds. The number of hydrogen-bond donors (Lipinski definition) is 1. The fraction of sp³-hybridized carbons (Fsp3) is 0.476. The monoisotopic (exact) mass is 368 g/mol. The van der Waals surface area contributed by atoms with E-state index in [4.69, 9.17) is 4.74 Å². The van der Waals surface area contributed by atoms with Crippen LogP contribution in [-0.4, -0.2) is 60.2 Å². The van der Waals surface area contributed by atoms with Gasteiger partial charge in [0.15, 0.2) is 0 Å². The van der Waals surface area contributed by atoms with E-state index >= 15 is 0 Å². The number of ether oxygens (including phenoxy) is 1. The van der Waals surface area contributed by atoms with Crippen LogP contribution in [0, 0.1) is 0 Å². The van der Waals surface area contributed by atoms with E-state index < -0.39 is 0 Å². The van der Waals surface area contributed by atoms with Crippen molar-refractivity contribution in [3.8, 4) is 11.3 Å². The predicted octanol–water partition coefficient (Wildman–Crippen LogP) is 2.72. The maximum atomic E-state index is 12.5. The predicted molar refractivity (Wildman–Crippen MR) is 106 cm³/mol. The maximum Gasteiger partial charge on any atom is 0.251 e. The number of rotatable bonds is 7. The van der Waals surface area contributed by atoms with Gasteiger partial charge in [-0.1, -0.05) is 26.0 Å². The first-order valence-corrected chi connectivity index (χ1v) is 9.64. The number of morpholine rings is 1. The molecule has 6 nitrogen and oxygen atoms in total. The first kappa shape index (κ1) is 19.5. The molecule has 6 heteroatoms. The summed E-state index contributed by atoms with van der Waals surface area (Å²) in [6.45, 7) is 9.44. The van der Waals surface area contributed by atoms with Gasteiger partial charge in [0.1, 0.15) is 6.33 Å². The Kier molecular flexibility index (Phi) is 6.90. The first-order chi connectivity index (χ1) is 13.1. The number of nitrogens with zero attached hydrogens (tertiary/aromatic N) is 3. The van der Waals surface area contributed by atoms with E-state index in [1.54, 1.807) is 6.33 Å². The molecule has 1 aliphatic heterocycles. The van der Waals surface area contributed by atoms with E-state index in [1.807, 2.05) is 30.3 Å². The van der Waals surface area contributed by atoms with Gasteiger partial charge in [-0.2, -0.15) is 0 Å². The molecule has 0 unspecified atom stereocenters. The standard InChI is InChI=1S/C21H28N4O2/c1-16(2)19-14-20(24-15-23-19)17-5-3-6-18(13-17)21(26)22-7-4-8-25-9-11-27-12-10-25/h3,5-6,13-16H,4,7-12H2,1-2H3,(H,22,26). The van der Waals surface area contributed by atoms with Crippen molar-refractivity contribution in [1.82, 2.24) is 20.2 Å². The summed E-state index contributed by atoms with van der Waals surface area (Å²) in [5.74, 6) is 0.293. The number of benzene rings is 1. The number of amides is 1. The largest absolute Gasteiger partial charge is 0.379 e. The highest BCUT2D eigenvalue weighted by molar-refractivity contribution is 5.95. The van der Waals surface area contributed by atoms with Crippen molar-refractivity contribution in [1.29, 1.82) is 0 Å². The lowest BCUT2D eigenvalue weighted by molar-refractivity contribution is 0.0374. The molecule has 2 heterocycles. The minimum absolute atomic E-state index is 0.0445. The minimum Gasteiger partial charge on any atom is -0.379 e. The van der Waals surface area contributed by atoms with Crippen molar-refractivity contribution in [2.75, 3.05) is 39.4 Å². The third-order valence-corrected chi connectivity index (χ3v) is 4.74. The summed E-state index contributed by atoms with van der Waals surface area (Å²) in [6, 6.07) is 9.59. The van der Waals surface area contributed by atoms with Gasteiger partial charge in [0.05, 0.1) is 18.9 Å². The highest BCUT2D eigenvalue weighted by Crippen LogP contribution is 2.21. The zero-order chi connectivity index (χ0) is 19.1. The summed E-state index contributed by atoms with van der Waals surface area (Å²) < 4.78 is 5.35. The summed E-state index contributed by atoms with van der Waals surface area (Å²) in [6.07, 6.45) is 2.53. The molecule has 1 aliphatic rings. The van der Waals surface area contributed by atoms with Crippen molar-refractivity contribution in [3.63, 3.8) is 0 Å². The van der Waals surface area contributed by atoms with E-state index in [-0.39, 0.29) is 5.91 Å². The minimum atomic E-state index is -0.0445. The SMILES string of the molecule is CC(C)c1cc(-c2cccc(C(=O)NCCCN3CCOCC3)c2)ncn1. The molecule has 1 fully saturated rings. The van der Waals surface area contributed by atoms with Crippen LogP contribution in [0.1, 0.15) is 42.2 Å². The van der Waals surface area contributed by atoms with Gasteiger partial charge in [0.25, 0.3) is 5.91 Å². The van der Waals surface area contributed by atoms with Crippen molar-refractivity contribution in [3.05, 3.63) is 47.9 Å². The Morgan fingerprint density at radius 3 is 2.81 bits per heavy atom. The van der Waals surface area contributed by atoms with Gasteiger partial charge in [0.2, 0.25) is 0 Å². The van der Waals surface area contributed by atoms with Crippen LogP contribution in [0.2, 0.25) is 0 Å². The van der Waals surface area contributed by atoms with Gasteiger partial charge in [0, 0.05) is 36.5 Å². The van der Waals surface area contributed by atoms with Gasteiger partial charge in [-0.3, -0.25) is 9.69 Å². The summed E-state index contributed by atoms with van der Waals surface area (Å²) in [4.78, 5) is 23.5. The fourth-order valence-corrected chi connectivity index (χ4v) is 3.10. The van der Waals surface area contributed by atoms with Crippen LogP contribution in [0.3, 0.4) is 0 Å². The van der Waals surface area contributed by atoms with Crippen molar-refractivity contribution in [2.24, 2.45) is 0 Å². The molecule has 27 heavy (non-hydrogen) atoms. The van der Waals surface area contributed by atoms with E-state index in [0.29, 0.717) is 18.0 Å². The van der Waals surface area contributed by atoms with E-state index in [9.17, 15) is 4.79 Å². The van der Waals surface area contributed by atoms with E-state index in [0.717, 1.165) is 56.2 Å². The lowest BCUT2D eigenvalue weighted by Gasteiger charge is -2.26. The van der Waals surface area contributed by atoms with Crippen LogP contribution in [0.5, 0.6) is 0 Å². The van der Waals surface area contributed by atoms with Crippen molar-refractivity contribution in [2.45, 2.75) is 26.2 Å². The van der Waals surface area contributed by atoms with E-state index in [1.165, 1.54) is 0 Å². The average Bonchev–Trinajstić information content (AvgIpc) is 2.72. The summed E-state index contributed by atoms with van der Waals surface area (Å²) in [5, 5.41) is 3.02. The molecule has 0 radical (unpaired) electrons. The van der Waals surface area contributed by atoms with Crippen molar-refractivity contribution >= 4 is 5.91 Å². The molecular formula is C21H28N4O2. The van der Waals surface area contributed by atoms with Crippen molar-refractivity contribution < 1.29 is 9.53 Å². The van der Waals surface area contributed by atoms with Gasteiger partial charge < -0.3 is 10.1 Å². The van der Waals surface area contributed by atoms with Crippen LogP contribution in [0.25, 0.3) is 11.3 Å². The third kappa shape index (κ3) is 5.58. The Bertz CT molecular complexity index is 757. The molecule has 1 saturated heterocycles. The second-order valence-corrected chi connectivity index (χ2v) is 7.13. The molecule has 0 spiro atoms. The van der Waals surface area contributed by atoms with Crippen LogP contribution >= 0.6 is 0 Å². The Morgan fingerprint density at radius 1 is 1.22 bits per heavy atom. The highest BCUT2D eigenvalue weighted by atomic mass is 16.5. The Balaban J connectivity index is 1.56. The van der Waals surface area contributed by atoms with Gasteiger partial charge in [-0.25, -0.2) is 9.97 Å². The second-order valence-electron chi connectivity index (χ2n) is 7.13. The molecule has 0 atom stereocenters. The fourth-order valence-electron chi connectivity index (χ4n) is 3.10. The highest BCUT2D eigenvalue weighted by Gasteiger charge is 2.11. The zero-order valence-electron chi connectivity index (χ0n) is 16.1. The Hall–Kier alpha value is -2.31. The zero-order valence-corrected chi connectivity index (χ0v) is 16.1. The van der Waals surface area contributed by atoms with Crippen LogP contribution < -0.4 is 5.32 Å². The normalized spacial score (nSPS) is 15.1. The molecule has 1 aromatic heterocycles. The Labute approximate surface area is 161 Å². The number of carbonyl (C=O) groups excluding carboxylic acids is 1. The number of aromatic nitrogens is 2. The first-order valence-electron chi connectivity index (χ1n) is 9.64. The van der Waals surface area contributed by atoms with Gasteiger partial charge in [-0.15, -0.1) is 0 Å².